The summed E-state index contributed by atoms with van der Waals surface area (Å²) in [5, 5.41) is 2.56. The van der Waals surface area contributed by atoms with Crippen LogP contribution in [0.2, 0.25) is 0 Å². The van der Waals surface area contributed by atoms with Gasteiger partial charge < -0.3 is 24.3 Å². The number of aromatic nitrogens is 1. The Balaban J connectivity index is 1.57. The number of carbonyl (C=O) groups excluding carboxylic acids is 3. The number of carbonyl (C=O) groups is 3. The summed E-state index contributed by atoms with van der Waals surface area (Å²) >= 11 is 0. The van der Waals surface area contributed by atoms with Crippen molar-refractivity contribution < 1.29 is 46.5 Å². The van der Waals surface area contributed by atoms with Gasteiger partial charge in [-0.05, 0) is 48.9 Å². The highest BCUT2D eigenvalue weighted by Crippen LogP contribution is 2.33. The molecule has 3 aromatic rings. The van der Waals surface area contributed by atoms with Crippen molar-refractivity contribution in [1.82, 2.24) is 10.3 Å². The van der Waals surface area contributed by atoms with Crippen molar-refractivity contribution >= 4 is 17.8 Å². The highest BCUT2D eigenvalue weighted by atomic mass is 19.4. The second-order valence-corrected chi connectivity index (χ2v) is 10.5. The first-order valence-corrected chi connectivity index (χ1v) is 14.0. The number of cyclic esters (lactones) is 1. The van der Waals surface area contributed by atoms with Crippen LogP contribution >= 0.6 is 0 Å². The normalized spacial score (nSPS) is 20.8. The molecule has 9 nitrogen and oxygen atoms in total. The summed E-state index contributed by atoms with van der Waals surface area (Å²) < 4.78 is 61.6. The number of benzene rings is 2. The molecule has 0 aliphatic carbocycles. The Bertz CT molecular complexity index is 1450. The first-order chi connectivity index (χ1) is 21.0. The van der Waals surface area contributed by atoms with Gasteiger partial charge in [0.2, 0.25) is 5.75 Å². The van der Waals surface area contributed by atoms with Gasteiger partial charge in [0.1, 0.15) is 6.10 Å². The highest BCUT2D eigenvalue weighted by Gasteiger charge is 2.36. The summed E-state index contributed by atoms with van der Waals surface area (Å²) in [4.78, 5) is 42.2. The van der Waals surface area contributed by atoms with Gasteiger partial charge in [-0.1, -0.05) is 42.5 Å². The number of esters is 2. The summed E-state index contributed by atoms with van der Waals surface area (Å²) in [6, 6.07) is 14.7. The van der Waals surface area contributed by atoms with E-state index in [1.54, 1.807) is 6.92 Å². The number of amides is 1. The minimum absolute atomic E-state index is 0.0946. The van der Waals surface area contributed by atoms with Crippen molar-refractivity contribution in [1.29, 1.82) is 0 Å². The second-order valence-electron chi connectivity index (χ2n) is 10.5. The molecule has 1 saturated heterocycles. The van der Waals surface area contributed by atoms with Crippen LogP contribution in [-0.4, -0.2) is 55.3 Å². The van der Waals surface area contributed by atoms with Crippen LogP contribution in [0.4, 0.5) is 13.2 Å². The summed E-state index contributed by atoms with van der Waals surface area (Å²) in [5.41, 5.74) is 0.650. The van der Waals surface area contributed by atoms with Gasteiger partial charge in [0, 0.05) is 25.1 Å². The molecular formula is C32H33F3N2O7. The number of rotatable bonds is 8. The topological polar surface area (TPSA) is 113 Å². The standard InChI is InChI=1S/C32H33F3N2O7/c1-19-25(16-21-7-5-4-6-8-21)23(15-22-9-11-24(12-10-22)32(33,34)35)17-42-18-26(31(40)43-19)37-30(39)28-29(44-20(2)38)27(41-3)13-14-36-28/h4-14,19,23,25-26H,15-18H2,1-3H3,(H,37,39)/t19-,23-,25-,26-/m0/s1. The van der Waals surface area contributed by atoms with Gasteiger partial charge in [-0.25, -0.2) is 9.78 Å². The van der Waals surface area contributed by atoms with E-state index in [0.717, 1.165) is 24.6 Å². The number of methoxy groups -OCH3 is 1. The van der Waals surface area contributed by atoms with Gasteiger partial charge in [0.15, 0.2) is 17.5 Å². The molecule has 1 N–H and O–H groups in total. The summed E-state index contributed by atoms with van der Waals surface area (Å²) in [5.74, 6) is -2.89. The molecular weight excluding hydrogens is 581 g/mol. The number of ether oxygens (including phenoxy) is 4. The van der Waals surface area contributed by atoms with Gasteiger partial charge in [0.05, 0.1) is 25.9 Å². The van der Waals surface area contributed by atoms with Crippen LogP contribution in [0, 0.1) is 11.8 Å². The number of halogens is 3. The SMILES string of the molecule is COc1ccnc(C(=O)N[C@H]2COC[C@H](Cc3ccc(C(F)(F)F)cc3)[C@@H](Cc3ccccc3)[C@H](C)OC2=O)c1OC(C)=O. The number of hydrogen-bond donors (Lipinski definition) is 1. The predicted molar refractivity (Wildman–Crippen MR) is 152 cm³/mol. The molecule has 12 heteroatoms. The first-order valence-electron chi connectivity index (χ1n) is 14.0. The molecule has 2 aromatic carbocycles. The van der Waals surface area contributed by atoms with Crippen molar-refractivity contribution in [2.45, 2.75) is 45.0 Å². The molecule has 1 fully saturated rings. The van der Waals surface area contributed by atoms with Gasteiger partial charge in [-0.3, -0.25) is 9.59 Å². The van der Waals surface area contributed by atoms with E-state index in [4.69, 9.17) is 18.9 Å². The second kappa shape index (κ2) is 14.3. The minimum atomic E-state index is -4.45. The monoisotopic (exact) mass is 614 g/mol. The molecule has 0 bridgehead atoms. The van der Waals surface area contributed by atoms with Crippen LogP contribution in [0.15, 0.2) is 66.9 Å². The smallest absolute Gasteiger partial charge is 0.416 e. The van der Waals surface area contributed by atoms with E-state index in [9.17, 15) is 27.6 Å². The zero-order chi connectivity index (χ0) is 31.9. The molecule has 4 atom stereocenters. The Kier molecular flexibility index (Phi) is 10.6. The fourth-order valence-corrected chi connectivity index (χ4v) is 5.15. The first kappa shape index (κ1) is 32.5. The maximum Gasteiger partial charge on any atom is 0.416 e. The molecule has 4 rings (SSSR count). The summed E-state index contributed by atoms with van der Waals surface area (Å²) in [6.07, 6.45) is -2.92. The fraction of sp³-hybridized carbons (Fsp3) is 0.375. The lowest BCUT2D eigenvalue weighted by Crippen LogP contribution is -2.46. The number of nitrogens with zero attached hydrogens (tertiary/aromatic N) is 1. The molecule has 1 aromatic heterocycles. The lowest BCUT2D eigenvalue weighted by atomic mass is 9.80. The van der Waals surface area contributed by atoms with Gasteiger partial charge in [-0.15, -0.1) is 0 Å². The van der Waals surface area contributed by atoms with Crippen molar-refractivity contribution in [3.05, 3.63) is 89.2 Å². The van der Waals surface area contributed by atoms with Crippen LogP contribution in [0.25, 0.3) is 0 Å². The average molecular weight is 615 g/mol. The minimum Gasteiger partial charge on any atom is -0.493 e. The predicted octanol–water partition coefficient (Wildman–Crippen LogP) is 4.81. The quantitative estimate of drug-likeness (QED) is 0.360. The zero-order valence-electron chi connectivity index (χ0n) is 24.4. The van der Waals surface area contributed by atoms with Gasteiger partial charge in [0.25, 0.3) is 5.91 Å². The number of hydrogen-bond acceptors (Lipinski definition) is 8. The molecule has 2 heterocycles. The van der Waals surface area contributed by atoms with E-state index in [1.165, 1.54) is 31.5 Å². The van der Waals surface area contributed by atoms with Gasteiger partial charge in [-0.2, -0.15) is 13.2 Å². The number of nitrogens with one attached hydrogen (secondary N) is 1. The van der Waals surface area contributed by atoms with Crippen molar-refractivity contribution in [2.24, 2.45) is 11.8 Å². The summed E-state index contributed by atoms with van der Waals surface area (Å²) in [7, 11) is 1.34. The Morgan fingerprint density at radius 1 is 1.00 bits per heavy atom. The third-order valence-corrected chi connectivity index (χ3v) is 7.36. The Morgan fingerprint density at radius 2 is 1.68 bits per heavy atom. The van der Waals surface area contributed by atoms with E-state index >= 15 is 0 Å². The molecule has 1 amide bonds. The molecule has 0 saturated carbocycles. The molecule has 234 valence electrons. The fourth-order valence-electron chi connectivity index (χ4n) is 5.15. The molecule has 0 radical (unpaired) electrons. The Labute approximate surface area is 252 Å². The molecule has 0 unspecified atom stereocenters. The number of pyridine rings is 1. The maximum absolute atomic E-state index is 13.3. The van der Waals surface area contributed by atoms with E-state index in [1.807, 2.05) is 30.3 Å². The maximum atomic E-state index is 13.3. The van der Waals surface area contributed by atoms with E-state index < -0.39 is 41.7 Å². The summed E-state index contributed by atoms with van der Waals surface area (Å²) in [6.45, 7) is 2.80. The lowest BCUT2D eigenvalue weighted by molar-refractivity contribution is -0.154. The van der Waals surface area contributed by atoms with Gasteiger partial charge >= 0.3 is 18.1 Å². The van der Waals surface area contributed by atoms with Crippen LogP contribution in [-0.2, 0) is 38.1 Å². The van der Waals surface area contributed by atoms with Crippen LogP contribution in [0.5, 0.6) is 11.5 Å². The van der Waals surface area contributed by atoms with Crippen LogP contribution < -0.4 is 14.8 Å². The third-order valence-electron chi connectivity index (χ3n) is 7.36. The lowest BCUT2D eigenvalue weighted by Gasteiger charge is -2.31. The van der Waals surface area contributed by atoms with E-state index in [-0.39, 0.29) is 42.2 Å². The van der Waals surface area contributed by atoms with Crippen molar-refractivity contribution in [2.75, 3.05) is 20.3 Å². The third kappa shape index (κ3) is 8.34. The van der Waals surface area contributed by atoms with Crippen molar-refractivity contribution in [3.8, 4) is 11.5 Å². The Hall–Kier alpha value is -4.45. The molecule has 1 aliphatic heterocycles. The van der Waals surface area contributed by atoms with E-state index in [0.29, 0.717) is 18.4 Å². The average Bonchev–Trinajstić information content (AvgIpc) is 3.03. The molecule has 44 heavy (non-hydrogen) atoms. The molecule has 0 spiro atoms. The van der Waals surface area contributed by atoms with E-state index in [2.05, 4.69) is 10.3 Å². The Morgan fingerprint density at radius 3 is 2.32 bits per heavy atom. The largest absolute Gasteiger partial charge is 0.493 e. The zero-order valence-corrected chi connectivity index (χ0v) is 24.4. The number of alkyl halides is 3. The van der Waals surface area contributed by atoms with Crippen molar-refractivity contribution in [3.63, 3.8) is 0 Å². The molecule has 1 aliphatic rings. The highest BCUT2D eigenvalue weighted by molar-refractivity contribution is 5.98. The van der Waals surface area contributed by atoms with Crippen LogP contribution in [0.3, 0.4) is 0 Å². The van der Waals surface area contributed by atoms with Crippen LogP contribution in [0.1, 0.15) is 41.0 Å².